The topological polar surface area (TPSA) is 80.0 Å². The lowest BCUT2D eigenvalue weighted by Crippen LogP contribution is -2.16. The first kappa shape index (κ1) is 13.0. The van der Waals surface area contributed by atoms with Crippen molar-refractivity contribution in [3.8, 4) is 0 Å². The van der Waals surface area contributed by atoms with Gasteiger partial charge in [0.25, 0.3) is 5.91 Å². The van der Waals surface area contributed by atoms with E-state index >= 15 is 0 Å². The largest absolute Gasteiger partial charge is 0.321 e. The number of hydrazine groups is 1. The van der Waals surface area contributed by atoms with Crippen molar-refractivity contribution in [2.75, 3.05) is 10.7 Å². The number of aryl methyl sites for hydroxylation is 1. The third-order valence-electron chi connectivity index (χ3n) is 2.72. The third kappa shape index (κ3) is 3.29. The molecule has 0 radical (unpaired) electrons. The number of nitrogens with one attached hydrogen (secondary N) is 2. The highest BCUT2D eigenvalue weighted by Gasteiger charge is 2.08. The Morgan fingerprint density at radius 3 is 2.79 bits per heavy atom. The highest BCUT2D eigenvalue weighted by atomic mass is 16.1. The Morgan fingerprint density at radius 1 is 1.26 bits per heavy atom. The molecule has 2 rings (SSSR count). The molecule has 4 N–H and O–H groups in total. The molecule has 0 unspecified atom stereocenters. The van der Waals surface area contributed by atoms with Crippen LogP contribution in [0.5, 0.6) is 0 Å². The van der Waals surface area contributed by atoms with Gasteiger partial charge in [0.15, 0.2) is 0 Å². The van der Waals surface area contributed by atoms with Gasteiger partial charge in [0.1, 0.15) is 11.5 Å². The molecule has 98 valence electrons. The molecule has 1 aromatic carbocycles. The first-order valence-electron chi connectivity index (χ1n) is 6.07. The number of benzene rings is 1. The maximum absolute atomic E-state index is 12.0. The van der Waals surface area contributed by atoms with E-state index in [9.17, 15) is 4.79 Å². The molecule has 0 atom stereocenters. The van der Waals surface area contributed by atoms with Gasteiger partial charge in [-0.05, 0) is 36.2 Å². The number of hydrogen-bond donors (Lipinski definition) is 3. The zero-order valence-electron chi connectivity index (χ0n) is 10.7. The molecule has 5 nitrogen and oxygen atoms in total. The molecule has 0 bridgehead atoms. The Hall–Kier alpha value is -2.40. The van der Waals surface area contributed by atoms with E-state index in [0.717, 1.165) is 12.1 Å². The number of nitrogens with two attached hydrogens (primary N) is 1. The van der Waals surface area contributed by atoms with Gasteiger partial charge in [-0.25, -0.2) is 10.8 Å². The van der Waals surface area contributed by atoms with Gasteiger partial charge in [-0.3, -0.25) is 4.79 Å². The molecule has 0 fully saturated rings. The van der Waals surface area contributed by atoms with E-state index in [1.165, 1.54) is 5.56 Å². The van der Waals surface area contributed by atoms with Crippen LogP contribution in [0.25, 0.3) is 0 Å². The number of hydrogen-bond acceptors (Lipinski definition) is 4. The quantitative estimate of drug-likeness (QED) is 0.578. The first-order chi connectivity index (χ1) is 9.22. The molecule has 0 aliphatic carbocycles. The average molecular weight is 256 g/mol. The molecule has 0 saturated carbocycles. The number of aromatic nitrogens is 1. The summed E-state index contributed by atoms with van der Waals surface area (Å²) in [6.45, 7) is 2.07. The van der Waals surface area contributed by atoms with E-state index < -0.39 is 0 Å². The van der Waals surface area contributed by atoms with E-state index in [-0.39, 0.29) is 5.91 Å². The number of carbonyl (C=O) groups excluding carboxylic acids is 1. The number of pyridine rings is 1. The van der Waals surface area contributed by atoms with Crippen LogP contribution in [0.15, 0.2) is 42.5 Å². The van der Waals surface area contributed by atoms with Crippen LogP contribution in [0.3, 0.4) is 0 Å². The summed E-state index contributed by atoms with van der Waals surface area (Å²) in [5, 5.41) is 2.81. The molecule has 2 aromatic rings. The van der Waals surface area contributed by atoms with Crippen molar-refractivity contribution in [1.29, 1.82) is 0 Å². The highest BCUT2D eigenvalue weighted by molar-refractivity contribution is 6.03. The van der Waals surface area contributed by atoms with E-state index in [2.05, 4.69) is 22.7 Å². The third-order valence-corrected chi connectivity index (χ3v) is 2.72. The van der Waals surface area contributed by atoms with Gasteiger partial charge in [-0.1, -0.05) is 25.1 Å². The maximum atomic E-state index is 12.0. The number of amides is 1. The van der Waals surface area contributed by atoms with E-state index in [1.54, 1.807) is 18.2 Å². The second-order valence-corrected chi connectivity index (χ2v) is 4.06. The molecule has 5 heteroatoms. The zero-order chi connectivity index (χ0) is 13.7. The summed E-state index contributed by atoms with van der Waals surface area (Å²) in [6, 6.07) is 12.8. The van der Waals surface area contributed by atoms with Gasteiger partial charge < -0.3 is 10.7 Å². The van der Waals surface area contributed by atoms with Gasteiger partial charge in [-0.15, -0.1) is 0 Å². The van der Waals surface area contributed by atoms with Crippen LogP contribution in [-0.4, -0.2) is 10.9 Å². The van der Waals surface area contributed by atoms with Crippen molar-refractivity contribution in [2.24, 2.45) is 5.84 Å². The molecule has 0 saturated heterocycles. The number of anilines is 2. The Morgan fingerprint density at radius 2 is 2.05 bits per heavy atom. The number of rotatable bonds is 4. The minimum Gasteiger partial charge on any atom is -0.321 e. The Bertz CT molecular complexity index is 583. The maximum Gasteiger partial charge on any atom is 0.274 e. The standard InChI is InChI=1S/C14H16N4O/c1-2-10-5-3-6-11(9-10)16-14(19)12-7-4-8-13(17-12)18-15/h3-9H,2,15H2,1H3,(H,16,19)(H,17,18). The fourth-order valence-electron chi connectivity index (χ4n) is 1.71. The molecule has 0 aliphatic rings. The highest BCUT2D eigenvalue weighted by Crippen LogP contribution is 2.12. The van der Waals surface area contributed by atoms with Crippen molar-refractivity contribution >= 4 is 17.4 Å². The Kier molecular flexibility index (Phi) is 4.10. The smallest absolute Gasteiger partial charge is 0.274 e. The molecular weight excluding hydrogens is 240 g/mol. The predicted molar refractivity (Wildman–Crippen MR) is 75.8 cm³/mol. The number of nitrogens with zero attached hydrogens (tertiary/aromatic N) is 1. The van der Waals surface area contributed by atoms with Crippen LogP contribution in [0.4, 0.5) is 11.5 Å². The summed E-state index contributed by atoms with van der Waals surface area (Å²) in [5.41, 5.74) is 4.66. The van der Waals surface area contributed by atoms with Crippen molar-refractivity contribution in [3.05, 3.63) is 53.7 Å². The summed E-state index contributed by atoms with van der Waals surface area (Å²) in [5.74, 6) is 5.46. The van der Waals surface area contributed by atoms with Gasteiger partial charge >= 0.3 is 0 Å². The lowest BCUT2D eigenvalue weighted by molar-refractivity contribution is 0.102. The zero-order valence-corrected chi connectivity index (χ0v) is 10.7. The van der Waals surface area contributed by atoms with Crippen molar-refractivity contribution in [1.82, 2.24) is 4.98 Å². The van der Waals surface area contributed by atoms with Crippen LogP contribution < -0.4 is 16.6 Å². The second-order valence-electron chi connectivity index (χ2n) is 4.06. The van der Waals surface area contributed by atoms with E-state index in [0.29, 0.717) is 11.5 Å². The first-order valence-corrected chi connectivity index (χ1v) is 6.07. The molecule has 19 heavy (non-hydrogen) atoms. The summed E-state index contributed by atoms with van der Waals surface area (Å²) in [7, 11) is 0. The Labute approximate surface area is 111 Å². The van der Waals surface area contributed by atoms with Gasteiger partial charge in [0.2, 0.25) is 0 Å². The van der Waals surface area contributed by atoms with Crippen LogP contribution in [0.1, 0.15) is 23.0 Å². The fourth-order valence-corrected chi connectivity index (χ4v) is 1.71. The lowest BCUT2D eigenvalue weighted by atomic mass is 10.1. The normalized spacial score (nSPS) is 10.0. The minimum absolute atomic E-state index is 0.259. The van der Waals surface area contributed by atoms with E-state index in [4.69, 9.17) is 5.84 Å². The molecule has 1 aromatic heterocycles. The predicted octanol–water partition coefficient (Wildman–Crippen LogP) is 2.18. The second kappa shape index (κ2) is 5.97. The van der Waals surface area contributed by atoms with Gasteiger partial charge in [0, 0.05) is 5.69 Å². The number of carbonyl (C=O) groups is 1. The fraction of sp³-hybridized carbons (Fsp3) is 0.143. The summed E-state index contributed by atoms with van der Waals surface area (Å²) in [4.78, 5) is 16.1. The van der Waals surface area contributed by atoms with Crippen LogP contribution in [0, 0.1) is 0 Å². The lowest BCUT2D eigenvalue weighted by Gasteiger charge is -2.07. The summed E-state index contributed by atoms with van der Waals surface area (Å²) < 4.78 is 0. The molecular formula is C14H16N4O. The van der Waals surface area contributed by atoms with Gasteiger partial charge in [-0.2, -0.15) is 0 Å². The molecule has 1 heterocycles. The minimum atomic E-state index is -0.259. The van der Waals surface area contributed by atoms with Crippen LogP contribution >= 0.6 is 0 Å². The van der Waals surface area contributed by atoms with Crippen LogP contribution in [-0.2, 0) is 6.42 Å². The monoisotopic (exact) mass is 256 g/mol. The Balaban J connectivity index is 2.15. The molecule has 1 amide bonds. The molecule has 0 aliphatic heterocycles. The summed E-state index contributed by atoms with van der Waals surface area (Å²) >= 11 is 0. The van der Waals surface area contributed by atoms with Gasteiger partial charge in [0.05, 0.1) is 0 Å². The van der Waals surface area contributed by atoms with Crippen molar-refractivity contribution in [2.45, 2.75) is 13.3 Å². The van der Waals surface area contributed by atoms with Crippen molar-refractivity contribution in [3.63, 3.8) is 0 Å². The van der Waals surface area contributed by atoms with E-state index in [1.807, 2.05) is 24.3 Å². The SMILES string of the molecule is CCc1cccc(NC(=O)c2cccc(NN)n2)c1. The average Bonchev–Trinajstić information content (AvgIpc) is 2.47. The molecule has 0 spiro atoms. The van der Waals surface area contributed by atoms with Crippen molar-refractivity contribution < 1.29 is 4.79 Å². The van der Waals surface area contributed by atoms with Crippen LogP contribution in [0.2, 0.25) is 0 Å². The summed E-state index contributed by atoms with van der Waals surface area (Å²) in [6.07, 6.45) is 0.925. The number of nitrogen functional groups attached to an aromatic ring is 1.